The SMILES string of the molecule is CCOC(=O)[C@@H](N)CC[S@@](=N)(=O)CC[C@@H](O)C(F)(F)F. The molecule has 0 rings (SSSR count). The number of carbonyl (C=O) groups excluding carboxylic acids is 1. The lowest BCUT2D eigenvalue weighted by Gasteiger charge is -2.16. The van der Waals surface area contributed by atoms with Crippen molar-refractivity contribution in [1.29, 1.82) is 4.78 Å². The quantitative estimate of drug-likeness (QED) is 0.568. The number of hydrogen-bond acceptors (Lipinski definition) is 6. The maximum Gasteiger partial charge on any atom is 0.414 e. The smallest absolute Gasteiger partial charge is 0.414 e. The molecular formula is C10H19F3N2O4S. The minimum absolute atomic E-state index is 0.122. The largest absolute Gasteiger partial charge is 0.465 e. The zero-order valence-corrected chi connectivity index (χ0v) is 11.8. The number of hydrogen-bond donors (Lipinski definition) is 3. The van der Waals surface area contributed by atoms with Gasteiger partial charge in [-0.3, -0.25) is 9.57 Å². The summed E-state index contributed by atoms with van der Waals surface area (Å²) in [6, 6.07) is -1.06. The molecule has 0 radical (unpaired) electrons. The average molecular weight is 320 g/mol. The number of aliphatic hydroxyl groups is 1. The van der Waals surface area contributed by atoms with Gasteiger partial charge in [-0.2, -0.15) is 13.2 Å². The lowest BCUT2D eigenvalue weighted by Crippen LogP contribution is -2.35. The van der Waals surface area contributed by atoms with E-state index in [4.69, 9.17) is 15.6 Å². The van der Waals surface area contributed by atoms with Crippen LogP contribution in [0.5, 0.6) is 0 Å². The molecule has 0 fully saturated rings. The van der Waals surface area contributed by atoms with E-state index in [1.54, 1.807) is 6.92 Å². The van der Waals surface area contributed by atoms with Gasteiger partial charge in [0.05, 0.1) is 6.61 Å². The van der Waals surface area contributed by atoms with E-state index < -0.39 is 46.2 Å². The number of nitrogens with two attached hydrogens (primary N) is 1. The molecule has 0 bridgehead atoms. The number of aliphatic hydroxyl groups excluding tert-OH is 1. The molecule has 0 spiro atoms. The first-order valence-corrected chi connectivity index (χ1v) is 7.80. The highest BCUT2D eigenvalue weighted by Crippen LogP contribution is 2.22. The highest BCUT2D eigenvalue weighted by Gasteiger charge is 2.38. The summed E-state index contributed by atoms with van der Waals surface area (Å²) >= 11 is 0. The van der Waals surface area contributed by atoms with Gasteiger partial charge in [-0.05, 0) is 19.8 Å². The summed E-state index contributed by atoms with van der Waals surface area (Å²) < 4.78 is 59.8. The van der Waals surface area contributed by atoms with Crippen molar-refractivity contribution in [2.24, 2.45) is 5.73 Å². The van der Waals surface area contributed by atoms with Gasteiger partial charge in [0.25, 0.3) is 0 Å². The van der Waals surface area contributed by atoms with Crippen molar-refractivity contribution in [2.45, 2.75) is 38.1 Å². The van der Waals surface area contributed by atoms with Crippen LogP contribution >= 0.6 is 0 Å². The average Bonchev–Trinajstić information content (AvgIpc) is 2.32. The Hall–Kier alpha value is -0.870. The van der Waals surface area contributed by atoms with Crippen LogP contribution in [0.2, 0.25) is 0 Å². The fourth-order valence-electron chi connectivity index (χ4n) is 1.25. The minimum Gasteiger partial charge on any atom is -0.465 e. The van der Waals surface area contributed by atoms with Crippen LogP contribution in [0.15, 0.2) is 0 Å². The fourth-order valence-corrected chi connectivity index (χ4v) is 2.70. The standard InChI is InChI=1S/C10H19F3N2O4S/c1-2-19-9(17)7(14)3-5-20(15,18)6-4-8(16)10(11,12)13/h7-8,15-16H,2-6,14H2,1H3/t7-,8+,20+/m0/s1. The van der Waals surface area contributed by atoms with Crippen LogP contribution in [0.3, 0.4) is 0 Å². The molecule has 0 heterocycles. The summed E-state index contributed by atoms with van der Waals surface area (Å²) in [4.78, 5) is 11.2. The molecule has 0 aromatic heterocycles. The molecule has 0 saturated carbocycles. The van der Waals surface area contributed by atoms with Gasteiger partial charge < -0.3 is 15.6 Å². The molecule has 20 heavy (non-hydrogen) atoms. The second-order valence-corrected chi connectivity index (χ2v) is 6.65. The molecule has 3 atom stereocenters. The lowest BCUT2D eigenvalue weighted by atomic mass is 10.2. The van der Waals surface area contributed by atoms with Crippen molar-refractivity contribution >= 4 is 15.7 Å². The summed E-state index contributed by atoms with van der Waals surface area (Å²) in [7, 11) is -3.33. The molecule has 6 nitrogen and oxygen atoms in total. The van der Waals surface area contributed by atoms with E-state index in [-0.39, 0.29) is 18.8 Å². The molecule has 4 N–H and O–H groups in total. The Morgan fingerprint density at radius 2 is 1.90 bits per heavy atom. The molecule has 0 aliphatic carbocycles. The van der Waals surface area contributed by atoms with Crippen LogP contribution in [0.4, 0.5) is 13.2 Å². The molecule has 120 valence electrons. The topological polar surface area (TPSA) is 113 Å². The van der Waals surface area contributed by atoms with Crippen molar-refractivity contribution < 1.29 is 32.0 Å². The third-order valence-corrected chi connectivity index (χ3v) is 4.24. The third kappa shape index (κ3) is 7.65. The Balaban J connectivity index is 4.24. The maximum absolute atomic E-state index is 12.0. The zero-order chi connectivity index (χ0) is 16.0. The predicted octanol–water partition coefficient (Wildman–Crippen LogP) is 0.627. The Morgan fingerprint density at radius 1 is 1.40 bits per heavy atom. The normalized spacial score (nSPS) is 18.1. The van der Waals surface area contributed by atoms with E-state index in [0.717, 1.165) is 0 Å². The molecule has 0 aromatic rings. The van der Waals surface area contributed by atoms with E-state index in [2.05, 4.69) is 4.74 Å². The second-order valence-electron chi connectivity index (χ2n) is 4.21. The van der Waals surface area contributed by atoms with Gasteiger partial charge in [-0.1, -0.05) is 0 Å². The summed E-state index contributed by atoms with van der Waals surface area (Å²) in [6.07, 6.45) is -8.34. The van der Waals surface area contributed by atoms with Crippen LogP contribution in [-0.4, -0.2) is 51.7 Å². The lowest BCUT2D eigenvalue weighted by molar-refractivity contribution is -0.203. The number of rotatable bonds is 8. The Bertz CT molecular complexity index is 411. The van der Waals surface area contributed by atoms with E-state index in [1.807, 2.05) is 0 Å². The zero-order valence-electron chi connectivity index (χ0n) is 11.0. The van der Waals surface area contributed by atoms with Crippen molar-refractivity contribution in [3.05, 3.63) is 0 Å². The monoisotopic (exact) mass is 320 g/mol. The molecule has 0 unspecified atom stereocenters. The summed E-state index contributed by atoms with van der Waals surface area (Å²) in [5.74, 6) is -1.64. The van der Waals surface area contributed by atoms with Crippen molar-refractivity contribution in [3.8, 4) is 0 Å². The molecule has 0 aliphatic rings. The highest BCUT2D eigenvalue weighted by atomic mass is 32.2. The molecule has 10 heteroatoms. The Morgan fingerprint density at radius 3 is 2.35 bits per heavy atom. The van der Waals surface area contributed by atoms with E-state index in [9.17, 15) is 22.2 Å². The van der Waals surface area contributed by atoms with Gasteiger partial charge in [0.1, 0.15) is 6.04 Å². The first-order chi connectivity index (χ1) is 8.99. The van der Waals surface area contributed by atoms with Gasteiger partial charge >= 0.3 is 12.1 Å². The minimum atomic E-state index is -4.79. The van der Waals surface area contributed by atoms with Crippen molar-refractivity contribution in [1.82, 2.24) is 0 Å². The van der Waals surface area contributed by atoms with Crippen LogP contribution in [-0.2, 0) is 19.3 Å². The van der Waals surface area contributed by atoms with E-state index in [1.165, 1.54) is 0 Å². The van der Waals surface area contributed by atoms with Gasteiger partial charge in [-0.25, -0.2) is 4.21 Å². The summed E-state index contributed by atoms with van der Waals surface area (Å²) in [6.45, 7) is 1.71. The van der Waals surface area contributed by atoms with Crippen molar-refractivity contribution in [2.75, 3.05) is 18.1 Å². The van der Waals surface area contributed by atoms with Crippen molar-refractivity contribution in [3.63, 3.8) is 0 Å². The molecule has 0 aliphatic heterocycles. The first-order valence-electron chi connectivity index (χ1n) is 5.90. The van der Waals surface area contributed by atoms with Crippen LogP contribution < -0.4 is 5.73 Å². The van der Waals surface area contributed by atoms with Crippen LogP contribution in [0.25, 0.3) is 0 Å². The maximum atomic E-state index is 12.0. The van der Waals surface area contributed by atoms with Gasteiger partial charge in [0, 0.05) is 21.2 Å². The molecule has 0 saturated heterocycles. The Kier molecular flexibility index (Phi) is 7.45. The van der Waals surface area contributed by atoms with Gasteiger partial charge in [-0.15, -0.1) is 0 Å². The van der Waals surface area contributed by atoms with Gasteiger partial charge in [0.2, 0.25) is 0 Å². The number of halogens is 3. The highest BCUT2D eigenvalue weighted by molar-refractivity contribution is 7.92. The molecule has 0 aromatic carbocycles. The van der Waals surface area contributed by atoms with E-state index in [0.29, 0.717) is 0 Å². The van der Waals surface area contributed by atoms with Crippen LogP contribution in [0.1, 0.15) is 19.8 Å². The van der Waals surface area contributed by atoms with Crippen LogP contribution in [0, 0.1) is 4.78 Å². The third-order valence-electron chi connectivity index (χ3n) is 2.45. The number of carbonyl (C=O) groups is 1. The summed E-state index contributed by atoms with van der Waals surface area (Å²) in [5.41, 5.74) is 5.42. The Labute approximate surface area is 115 Å². The fraction of sp³-hybridized carbons (Fsp3) is 0.900. The predicted molar refractivity (Wildman–Crippen MR) is 66.5 cm³/mol. The molecular weight excluding hydrogens is 301 g/mol. The van der Waals surface area contributed by atoms with Gasteiger partial charge in [0.15, 0.2) is 6.10 Å². The number of esters is 1. The second kappa shape index (κ2) is 7.79. The summed E-state index contributed by atoms with van der Waals surface area (Å²) in [5, 5.41) is 8.75. The number of nitrogens with one attached hydrogen (secondary N) is 1. The number of ether oxygens (including phenoxy) is 1. The molecule has 0 amide bonds. The number of alkyl halides is 3. The van der Waals surface area contributed by atoms with E-state index >= 15 is 0 Å². The first kappa shape index (κ1) is 19.1.